The van der Waals surface area contributed by atoms with Gasteiger partial charge in [0.2, 0.25) is 0 Å². The first-order valence-electron chi connectivity index (χ1n) is 3.95. The second-order valence-electron chi connectivity index (χ2n) is 2.34. The SMILES string of the molecule is CCC(C=O)OCOC(C)OC. The quantitative estimate of drug-likeness (QED) is 0.428. The van der Waals surface area contributed by atoms with Crippen LogP contribution in [0.5, 0.6) is 0 Å². The third-order valence-corrected chi connectivity index (χ3v) is 1.47. The van der Waals surface area contributed by atoms with E-state index in [0.717, 1.165) is 6.29 Å². The van der Waals surface area contributed by atoms with E-state index < -0.39 is 0 Å². The maximum absolute atomic E-state index is 10.3. The average Bonchev–Trinajstić information content (AvgIpc) is 2.12. The van der Waals surface area contributed by atoms with E-state index in [-0.39, 0.29) is 19.2 Å². The van der Waals surface area contributed by atoms with Crippen molar-refractivity contribution in [3.8, 4) is 0 Å². The van der Waals surface area contributed by atoms with Gasteiger partial charge in [0, 0.05) is 7.11 Å². The number of hydrogen-bond acceptors (Lipinski definition) is 4. The standard InChI is InChI=1S/C8H16O4/c1-4-8(5-9)12-6-11-7(2)10-3/h5,7-8H,4,6H2,1-3H3. The van der Waals surface area contributed by atoms with E-state index in [2.05, 4.69) is 0 Å². The van der Waals surface area contributed by atoms with Crippen molar-refractivity contribution < 1.29 is 19.0 Å². The van der Waals surface area contributed by atoms with E-state index in [0.29, 0.717) is 6.42 Å². The molecule has 0 fully saturated rings. The fourth-order valence-corrected chi connectivity index (χ4v) is 0.544. The Labute approximate surface area is 72.8 Å². The molecule has 0 rings (SSSR count). The Morgan fingerprint density at radius 3 is 2.50 bits per heavy atom. The Kier molecular flexibility index (Phi) is 6.94. The Morgan fingerprint density at radius 2 is 2.08 bits per heavy atom. The van der Waals surface area contributed by atoms with E-state index in [1.54, 1.807) is 14.0 Å². The summed E-state index contributed by atoms with van der Waals surface area (Å²) in [6.45, 7) is 3.72. The van der Waals surface area contributed by atoms with Crippen LogP contribution < -0.4 is 0 Å². The highest BCUT2D eigenvalue weighted by Crippen LogP contribution is 1.96. The lowest BCUT2D eigenvalue weighted by Gasteiger charge is -2.13. The van der Waals surface area contributed by atoms with Gasteiger partial charge in [0.05, 0.1) is 0 Å². The van der Waals surface area contributed by atoms with Crippen molar-refractivity contribution in [1.82, 2.24) is 0 Å². The molecular formula is C8H16O4. The maximum Gasteiger partial charge on any atom is 0.157 e. The highest BCUT2D eigenvalue weighted by Gasteiger charge is 2.04. The van der Waals surface area contributed by atoms with Gasteiger partial charge in [-0.15, -0.1) is 0 Å². The predicted octanol–water partition coefficient (Wildman–Crippen LogP) is 0.947. The van der Waals surface area contributed by atoms with Gasteiger partial charge in [-0.25, -0.2) is 0 Å². The molecule has 0 aliphatic rings. The van der Waals surface area contributed by atoms with Crippen LogP contribution in [-0.4, -0.2) is 32.6 Å². The van der Waals surface area contributed by atoms with Gasteiger partial charge in [0.1, 0.15) is 12.4 Å². The third-order valence-electron chi connectivity index (χ3n) is 1.47. The van der Waals surface area contributed by atoms with Crippen LogP contribution >= 0.6 is 0 Å². The van der Waals surface area contributed by atoms with Crippen LogP contribution in [0.15, 0.2) is 0 Å². The van der Waals surface area contributed by atoms with Crippen LogP contribution in [0.25, 0.3) is 0 Å². The Balaban J connectivity index is 3.34. The normalized spacial score (nSPS) is 15.6. The molecule has 0 N–H and O–H groups in total. The van der Waals surface area contributed by atoms with Crippen molar-refractivity contribution in [2.75, 3.05) is 13.9 Å². The van der Waals surface area contributed by atoms with Gasteiger partial charge in [-0.3, -0.25) is 0 Å². The molecule has 2 atom stereocenters. The number of carbonyl (C=O) groups excluding carboxylic acids is 1. The van der Waals surface area contributed by atoms with Crippen molar-refractivity contribution >= 4 is 6.29 Å². The van der Waals surface area contributed by atoms with Crippen LogP contribution in [0.4, 0.5) is 0 Å². The summed E-state index contributed by atoms with van der Waals surface area (Å²) in [4.78, 5) is 10.3. The van der Waals surface area contributed by atoms with Crippen molar-refractivity contribution in [3.63, 3.8) is 0 Å². The summed E-state index contributed by atoms with van der Waals surface area (Å²) in [6, 6.07) is 0. The molecule has 0 saturated carbocycles. The number of aldehydes is 1. The van der Waals surface area contributed by atoms with Crippen molar-refractivity contribution in [2.24, 2.45) is 0 Å². The first-order chi connectivity index (χ1) is 5.74. The van der Waals surface area contributed by atoms with Gasteiger partial charge in [-0.2, -0.15) is 0 Å². The minimum atomic E-state index is -0.367. The summed E-state index contributed by atoms with van der Waals surface area (Å²) in [5.74, 6) is 0. The van der Waals surface area contributed by atoms with Crippen LogP contribution in [0, 0.1) is 0 Å². The molecule has 0 heterocycles. The molecule has 4 nitrogen and oxygen atoms in total. The molecule has 4 heteroatoms. The third kappa shape index (κ3) is 5.23. The topological polar surface area (TPSA) is 44.8 Å². The first-order valence-corrected chi connectivity index (χ1v) is 3.95. The lowest BCUT2D eigenvalue weighted by atomic mass is 10.3. The molecule has 0 aliphatic heterocycles. The fourth-order valence-electron chi connectivity index (χ4n) is 0.544. The van der Waals surface area contributed by atoms with E-state index in [1.165, 1.54) is 0 Å². The van der Waals surface area contributed by atoms with Gasteiger partial charge in [-0.05, 0) is 13.3 Å². The smallest absolute Gasteiger partial charge is 0.157 e. The van der Waals surface area contributed by atoms with E-state index in [1.807, 2.05) is 6.92 Å². The fraction of sp³-hybridized carbons (Fsp3) is 0.875. The minimum Gasteiger partial charge on any atom is -0.356 e. The van der Waals surface area contributed by atoms with Crippen LogP contribution in [-0.2, 0) is 19.0 Å². The van der Waals surface area contributed by atoms with Crippen molar-refractivity contribution in [1.29, 1.82) is 0 Å². The van der Waals surface area contributed by atoms with Gasteiger partial charge >= 0.3 is 0 Å². The molecule has 0 saturated heterocycles. The Hall–Kier alpha value is -0.450. The molecule has 2 unspecified atom stereocenters. The number of methoxy groups -OCH3 is 1. The maximum atomic E-state index is 10.3. The van der Waals surface area contributed by atoms with Gasteiger partial charge < -0.3 is 19.0 Å². The molecule has 12 heavy (non-hydrogen) atoms. The summed E-state index contributed by atoms with van der Waals surface area (Å²) in [5.41, 5.74) is 0. The molecule has 0 aromatic heterocycles. The molecule has 0 bridgehead atoms. The number of rotatable bonds is 7. The summed E-state index contributed by atoms with van der Waals surface area (Å²) >= 11 is 0. The van der Waals surface area contributed by atoms with E-state index >= 15 is 0 Å². The van der Waals surface area contributed by atoms with E-state index in [4.69, 9.17) is 14.2 Å². The Bertz CT molecular complexity index is 116. The van der Waals surface area contributed by atoms with Gasteiger partial charge in [0.15, 0.2) is 13.1 Å². The van der Waals surface area contributed by atoms with Crippen LogP contribution in [0.3, 0.4) is 0 Å². The zero-order valence-electron chi connectivity index (χ0n) is 7.78. The van der Waals surface area contributed by atoms with Gasteiger partial charge in [0.25, 0.3) is 0 Å². The summed E-state index contributed by atoms with van der Waals surface area (Å²) in [7, 11) is 1.54. The van der Waals surface area contributed by atoms with Crippen LogP contribution in [0.2, 0.25) is 0 Å². The van der Waals surface area contributed by atoms with Crippen molar-refractivity contribution in [3.05, 3.63) is 0 Å². The second-order valence-corrected chi connectivity index (χ2v) is 2.34. The minimum absolute atomic E-state index is 0.0895. The molecule has 0 aromatic rings. The van der Waals surface area contributed by atoms with E-state index in [9.17, 15) is 4.79 Å². The molecule has 0 aliphatic carbocycles. The zero-order valence-corrected chi connectivity index (χ0v) is 7.78. The molecule has 72 valence electrons. The first kappa shape index (κ1) is 11.6. The number of hydrogen-bond donors (Lipinski definition) is 0. The van der Waals surface area contributed by atoms with Crippen molar-refractivity contribution in [2.45, 2.75) is 32.7 Å². The highest BCUT2D eigenvalue weighted by molar-refractivity contribution is 5.55. The highest BCUT2D eigenvalue weighted by atomic mass is 16.7. The number of ether oxygens (including phenoxy) is 3. The molecule has 0 amide bonds. The lowest BCUT2D eigenvalue weighted by molar-refractivity contribution is -0.187. The zero-order chi connectivity index (χ0) is 9.40. The number of carbonyl (C=O) groups is 1. The lowest BCUT2D eigenvalue weighted by Crippen LogP contribution is -2.19. The summed E-state index contributed by atoms with van der Waals surface area (Å²) in [5, 5.41) is 0. The average molecular weight is 176 g/mol. The largest absolute Gasteiger partial charge is 0.356 e. The monoisotopic (exact) mass is 176 g/mol. The summed E-state index contributed by atoms with van der Waals surface area (Å²) in [6.07, 6.45) is 0.762. The molecular weight excluding hydrogens is 160 g/mol. The van der Waals surface area contributed by atoms with Crippen LogP contribution in [0.1, 0.15) is 20.3 Å². The molecule has 0 spiro atoms. The molecule has 0 aromatic carbocycles. The Morgan fingerprint density at radius 1 is 1.42 bits per heavy atom. The second kappa shape index (κ2) is 7.21. The van der Waals surface area contributed by atoms with Gasteiger partial charge in [-0.1, -0.05) is 6.92 Å². The predicted molar refractivity (Wildman–Crippen MR) is 43.7 cm³/mol. The summed E-state index contributed by atoms with van der Waals surface area (Å²) < 4.78 is 14.9. The molecule has 0 radical (unpaired) electrons.